The highest BCUT2D eigenvalue weighted by atomic mass is 31.1. The lowest BCUT2D eigenvalue weighted by Crippen LogP contribution is -2.09. The molecule has 0 radical (unpaired) electrons. The second-order valence-electron chi connectivity index (χ2n) is 6.75. The zero-order chi connectivity index (χ0) is 16.9. The molecule has 0 spiro atoms. The first kappa shape index (κ1) is 19.7. The highest BCUT2D eigenvalue weighted by Crippen LogP contribution is 2.49. The van der Waals surface area contributed by atoms with Crippen LogP contribution in [0, 0.1) is 0 Å². The molecule has 1 aromatic rings. The van der Waals surface area contributed by atoms with Gasteiger partial charge in [0.15, 0.2) is 0 Å². The standard InChI is InChI=1S/C18H32O2P2/c1-13(2)21(14(3)4)19-17-9-11-18(12-10-17)20-22(15(5)6)16(7)8/h9-16H,1-8H3. The number of rotatable bonds is 8. The van der Waals surface area contributed by atoms with Crippen molar-refractivity contribution in [2.45, 2.75) is 78.0 Å². The molecule has 0 aliphatic heterocycles. The number of hydrogen-bond acceptors (Lipinski definition) is 2. The monoisotopic (exact) mass is 342 g/mol. The Kier molecular flexibility index (Phi) is 8.15. The molecule has 0 unspecified atom stereocenters. The van der Waals surface area contributed by atoms with E-state index in [-0.39, 0.29) is 0 Å². The molecule has 1 rings (SSSR count). The van der Waals surface area contributed by atoms with E-state index in [9.17, 15) is 0 Å². The molecule has 0 heterocycles. The third-order valence-electron chi connectivity index (χ3n) is 3.28. The second-order valence-corrected chi connectivity index (χ2v) is 12.7. The van der Waals surface area contributed by atoms with E-state index in [4.69, 9.17) is 9.05 Å². The van der Waals surface area contributed by atoms with Crippen molar-refractivity contribution in [3.8, 4) is 11.5 Å². The summed E-state index contributed by atoms with van der Waals surface area (Å²) in [5.41, 5.74) is 2.28. The fourth-order valence-corrected chi connectivity index (χ4v) is 6.38. The van der Waals surface area contributed by atoms with Gasteiger partial charge in [0.1, 0.15) is 11.5 Å². The topological polar surface area (TPSA) is 18.5 Å². The van der Waals surface area contributed by atoms with Crippen molar-refractivity contribution in [1.82, 2.24) is 0 Å². The summed E-state index contributed by atoms with van der Waals surface area (Å²) in [5.74, 6) is 1.92. The fraction of sp³-hybridized carbons (Fsp3) is 0.667. The molecule has 0 amide bonds. The minimum Gasteiger partial charge on any atom is -0.474 e. The summed E-state index contributed by atoms with van der Waals surface area (Å²) in [6, 6.07) is 8.18. The molecular weight excluding hydrogens is 310 g/mol. The van der Waals surface area contributed by atoms with Crippen molar-refractivity contribution >= 4 is 16.3 Å². The quantitative estimate of drug-likeness (QED) is 0.480. The predicted molar refractivity (Wildman–Crippen MR) is 102 cm³/mol. The lowest BCUT2D eigenvalue weighted by molar-refractivity contribution is 0.577. The molecule has 126 valence electrons. The molecule has 0 N–H and O–H groups in total. The Morgan fingerprint density at radius 3 is 0.955 bits per heavy atom. The fourth-order valence-electron chi connectivity index (χ4n) is 2.42. The largest absolute Gasteiger partial charge is 0.474 e. The van der Waals surface area contributed by atoms with Crippen LogP contribution in [0.25, 0.3) is 0 Å². The minimum atomic E-state index is -0.439. The lowest BCUT2D eigenvalue weighted by Gasteiger charge is -2.27. The van der Waals surface area contributed by atoms with Gasteiger partial charge in [-0.1, -0.05) is 55.4 Å². The molecule has 0 saturated heterocycles. The van der Waals surface area contributed by atoms with E-state index >= 15 is 0 Å². The molecule has 1 aromatic carbocycles. The van der Waals surface area contributed by atoms with Crippen LogP contribution in [0.2, 0.25) is 0 Å². The van der Waals surface area contributed by atoms with Crippen LogP contribution < -0.4 is 9.05 Å². The third kappa shape index (κ3) is 6.05. The summed E-state index contributed by atoms with van der Waals surface area (Å²) >= 11 is 0. The Labute approximate surface area is 139 Å². The predicted octanol–water partition coefficient (Wildman–Crippen LogP) is 6.87. The first-order chi connectivity index (χ1) is 10.2. The number of benzene rings is 1. The van der Waals surface area contributed by atoms with E-state index in [1.54, 1.807) is 0 Å². The first-order valence-electron chi connectivity index (χ1n) is 8.25. The van der Waals surface area contributed by atoms with Gasteiger partial charge >= 0.3 is 0 Å². The molecule has 0 aromatic heterocycles. The van der Waals surface area contributed by atoms with Crippen LogP contribution in [0.4, 0.5) is 0 Å². The molecule has 0 bridgehead atoms. The second kappa shape index (κ2) is 9.09. The van der Waals surface area contributed by atoms with Crippen molar-refractivity contribution in [1.29, 1.82) is 0 Å². The van der Waals surface area contributed by atoms with Gasteiger partial charge in [-0.25, -0.2) is 0 Å². The summed E-state index contributed by atoms with van der Waals surface area (Å²) in [6.07, 6.45) is 0. The van der Waals surface area contributed by atoms with E-state index in [0.29, 0.717) is 22.6 Å². The van der Waals surface area contributed by atoms with E-state index < -0.39 is 16.3 Å². The maximum Gasteiger partial charge on any atom is 0.123 e. The van der Waals surface area contributed by atoms with E-state index in [2.05, 4.69) is 55.4 Å². The normalized spacial score (nSPS) is 12.3. The maximum atomic E-state index is 6.21. The van der Waals surface area contributed by atoms with E-state index in [0.717, 1.165) is 11.5 Å². The first-order valence-corrected chi connectivity index (χ1v) is 11.0. The van der Waals surface area contributed by atoms with E-state index in [1.165, 1.54) is 0 Å². The molecule has 0 aliphatic rings. The Balaban J connectivity index is 2.74. The lowest BCUT2D eigenvalue weighted by atomic mass is 10.3. The Morgan fingerprint density at radius 1 is 0.545 bits per heavy atom. The molecule has 0 aliphatic carbocycles. The van der Waals surface area contributed by atoms with Gasteiger partial charge in [-0.3, -0.25) is 0 Å². The van der Waals surface area contributed by atoms with Gasteiger partial charge in [0, 0.05) is 22.6 Å². The molecule has 4 heteroatoms. The van der Waals surface area contributed by atoms with Gasteiger partial charge < -0.3 is 9.05 Å². The average molecular weight is 342 g/mol. The molecular formula is C18H32O2P2. The molecule has 2 nitrogen and oxygen atoms in total. The van der Waals surface area contributed by atoms with Gasteiger partial charge in [0.25, 0.3) is 0 Å². The smallest absolute Gasteiger partial charge is 0.123 e. The van der Waals surface area contributed by atoms with Gasteiger partial charge in [0.2, 0.25) is 0 Å². The maximum absolute atomic E-state index is 6.21. The number of hydrogen-bond donors (Lipinski definition) is 0. The zero-order valence-electron chi connectivity index (χ0n) is 15.3. The van der Waals surface area contributed by atoms with Crippen molar-refractivity contribution in [2.24, 2.45) is 0 Å². The summed E-state index contributed by atoms with van der Waals surface area (Å²) in [6.45, 7) is 17.9. The molecule has 0 atom stereocenters. The van der Waals surface area contributed by atoms with Gasteiger partial charge in [0.05, 0.1) is 16.3 Å². The van der Waals surface area contributed by atoms with Crippen LogP contribution in [0.1, 0.15) is 55.4 Å². The van der Waals surface area contributed by atoms with E-state index in [1.807, 2.05) is 24.3 Å². The zero-order valence-corrected chi connectivity index (χ0v) is 17.1. The van der Waals surface area contributed by atoms with Gasteiger partial charge in [-0.05, 0) is 24.3 Å². The summed E-state index contributed by atoms with van der Waals surface area (Å²) < 4.78 is 12.4. The molecule has 22 heavy (non-hydrogen) atoms. The minimum absolute atomic E-state index is 0.439. The summed E-state index contributed by atoms with van der Waals surface area (Å²) in [5, 5.41) is 0. The van der Waals surface area contributed by atoms with Crippen molar-refractivity contribution in [3.05, 3.63) is 24.3 Å². The highest BCUT2D eigenvalue weighted by Gasteiger charge is 2.21. The average Bonchev–Trinajstić information content (AvgIpc) is 2.42. The summed E-state index contributed by atoms with van der Waals surface area (Å²) in [7, 11) is -0.877. The van der Waals surface area contributed by atoms with Crippen LogP contribution in [-0.4, -0.2) is 22.6 Å². The molecule has 0 saturated carbocycles. The SMILES string of the molecule is CC(C)P(Oc1ccc(OP(C(C)C)C(C)C)cc1)C(C)C. The highest BCUT2D eigenvalue weighted by molar-refractivity contribution is 7.54. The van der Waals surface area contributed by atoms with Gasteiger partial charge in [-0.2, -0.15) is 0 Å². The Hall–Kier alpha value is -0.320. The van der Waals surface area contributed by atoms with Crippen LogP contribution in [0.15, 0.2) is 24.3 Å². The summed E-state index contributed by atoms with van der Waals surface area (Å²) in [4.78, 5) is 0. The van der Waals surface area contributed by atoms with Crippen molar-refractivity contribution in [3.63, 3.8) is 0 Å². The van der Waals surface area contributed by atoms with Crippen LogP contribution in [0.3, 0.4) is 0 Å². The Bertz CT molecular complexity index is 370. The molecule has 0 fully saturated rings. The van der Waals surface area contributed by atoms with Crippen molar-refractivity contribution < 1.29 is 9.05 Å². The van der Waals surface area contributed by atoms with Crippen LogP contribution >= 0.6 is 16.3 Å². The third-order valence-corrected chi connectivity index (χ3v) is 8.20. The van der Waals surface area contributed by atoms with Crippen LogP contribution in [0.5, 0.6) is 11.5 Å². The van der Waals surface area contributed by atoms with Crippen LogP contribution in [-0.2, 0) is 0 Å². The van der Waals surface area contributed by atoms with Crippen molar-refractivity contribution in [2.75, 3.05) is 0 Å². The Morgan fingerprint density at radius 2 is 0.773 bits per heavy atom. The van der Waals surface area contributed by atoms with Gasteiger partial charge in [-0.15, -0.1) is 0 Å².